The maximum Gasteiger partial charge on any atom is 0.171 e. The third-order valence-corrected chi connectivity index (χ3v) is 5.26. The molecule has 0 unspecified atom stereocenters. The predicted molar refractivity (Wildman–Crippen MR) is 84.6 cm³/mol. The second-order valence-corrected chi connectivity index (χ2v) is 6.70. The molecule has 0 atom stereocenters. The van der Waals surface area contributed by atoms with E-state index in [1.165, 1.54) is 38.5 Å². The topological polar surface area (TPSA) is 50.4 Å². The van der Waals surface area contributed by atoms with Crippen LogP contribution in [0.15, 0.2) is 4.99 Å². The average Bonchev–Trinajstić information content (AvgIpc) is 2.24. The van der Waals surface area contributed by atoms with Crippen molar-refractivity contribution in [3.63, 3.8) is 0 Å². The molecule has 3 N–H and O–H groups in total. The van der Waals surface area contributed by atoms with Crippen molar-refractivity contribution in [2.24, 2.45) is 28.6 Å². The van der Waals surface area contributed by atoms with Crippen molar-refractivity contribution >= 4 is 40.9 Å². The molecule has 0 spiro atoms. The first-order valence-electron chi connectivity index (χ1n) is 6.33. The molecule has 4 rings (SSSR count). The molecule has 4 fully saturated rings. The second-order valence-electron chi connectivity index (χ2n) is 5.91. The van der Waals surface area contributed by atoms with Crippen LogP contribution in [0.2, 0.25) is 0 Å². The first kappa shape index (κ1) is 13.9. The Morgan fingerprint density at radius 3 is 2.00 bits per heavy atom. The summed E-state index contributed by atoms with van der Waals surface area (Å²) in [5.41, 5.74) is 2.99. The molecule has 4 bridgehead atoms. The van der Waals surface area contributed by atoms with E-state index >= 15 is 0 Å². The van der Waals surface area contributed by atoms with Crippen molar-refractivity contribution in [1.82, 2.24) is 5.43 Å². The zero-order valence-electron chi connectivity index (χ0n) is 10.3. The number of aliphatic imine (C=N–C) groups is 1. The summed E-state index contributed by atoms with van der Waals surface area (Å²) in [7, 11) is 0. The summed E-state index contributed by atoms with van der Waals surface area (Å²) in [6, 6.07) is 0. The zero-order chi connectivity index (χ0) is 11.2. The highest BCUT2D eigenvalue weighted by Gasteiger charge is 2.51. The molecule has 0 saturated heterocycles. The number of nitrogens with one attached hydrogen (secondary N) is 1. The lowest BCUT2D eigenvalue weighted by molar-refractivity contribution is 0.00170. The Kier molecular flexibility index (Phi) is 4.30. The van der Waals surface area contributed by atoms with Crippen LogP contribution >= 0.6 is 35.7 Å². The number of nitrogens with zero attached hydrogens (tertiary/aromatic N) is 1. The van der Waals surface area contributed by atoms with Crippen LogP contribution in [-0.2, 0) is 0 Å². The normalized spacial score (nSPS) is 43.4. The summed E-state index contributed by atoms with van der Waals surface area (Å²) in [4.78, 5) is 4.95. The minimum atomic E-state index is 0. The van der Waals surface area contributed by atoms with Gasteiger partial charge in [0.2, 0.25) is 0 Å². The average molecular weight is 367 g/mol. The van der Waals surface area contributed by atoms with E-state index in [1.54, 1.807) is 11.8 Å². The lowest BCUT2D eigenvalue weighted by atomic mass is 9.53. The van der Waals surface area contributed by atoms with Gasteiger partial charge < -0.3 is 5.43 Å². The fourth-order valence-electron chi connectivity index (χ4n) is 4.55. The summed E-state index contributed by atoms with van der Waals surface area (Å²) in [5, 5.41) is 0.918. The monoisotopic (exact) mass is 367 g/mol. The Bertz CT molecular complexity index is 278. The number of hydrogen-bond donors (Lipinski definition) is 2. The minimum Gasteiger partial charge on any atom is -0.303 e. The second kappa shape index (κ2) is 5.25. The fraction of sp³-hybridized carbons (Fsp3) is 0.917. The highest BCUT2D eigenvalue weighted by atomic mass is 127. The van der Waals surface area contributed by atoms with E-state index in [0.717, 1.165) is 22.9 Å². The molecule has 0 aromatic heterocycles. The standard InChI is InChI=1S/C12H21N3S.HI/c1-16-11(15-13)14-12-5-8-2-9(6-12)4-10(3-8)7-12;/h8-10H,2-7,13H2,1H3,(H,14,15);1H. The van der Waals surface area contributed by atoms with Gasteiger partial charge in [-0.25, -0.2) is 5.84 Å². The molecule has 0 radical (unpaired) electrons. The summed E-state index contributed by atoms with van der Waals surface area (Å²) in [5.74, 6) is 8.37. The summed E-state index contributed by atoms with van der Waals surface area (Å²) >= 11 is 1.63. The van der Waals surface area contributed by atoms with E-state index in [9.17, 15) is 0 Å². The molecule has 4 aliphatic carbocycles. The van der Waals surface area contributed by atoms with E-state index in [0.29, 0.717) is 0 Å². The van der Waals surface area contributed by atoms with Crippen LogP contribution in [0.25, 0.3) is 0 Å². The van der Waals surface area contributed by atoms with Gasteiger partial charge in [0.15, 0.2) is 5.17 Å². The van der Waals surface area contributed by atoms with Gasteiger partial charge in [-0.05, 0) is 62.5 Å². The Balaban J connectivity index is 0.00000108. The number of amidine groups is 1. The van der Waals surface area contributed by atoms with E-state index in [2.05, 4.69) is 5.43 Å². The number of halogens is 1. The quantitative estimate of drug-likeness (QED) is 0.246. The number of hydrogen-bond acceptors (Lipinski definition) is 3. The van der Waals surface area contributed by atoms with Crippen molar-refractivity contribution < 1.29 is 0 Å². The third kappa shape index (κ3) is 2.61. The third-order valence-electron chi connectivity index (χ3n) is 4.66. The van der Waals surface area contributed by atoms with Crippen LogP contribution < -0.4 is 11.3 Å². The van der Waals surface area contributed by atoms with Gasteiger partial charge in [-0.15, -0.1) is 24.0 Å². The number of thioether (sulfide) groups is 1. The van der Waals surface area contributed by atoms with E-state index in [-0.39, 0.29) is 29.5 Å². The highest BCUT2D eigenvalue weighted by Crippen LogP contribution is 2.57. The van der Waals surface area contributed by atoms with E-state index in [4.69, 9.17) is 10.8 Å². The van der Waals surface area contributed by atoms with Gasteiger partial charge in [0, 0.05) is 0 Å². The molecule has 0 aromatic rings. The van der Waals surface area contributed by atoms with Gasteiger partial charge in [-0.3, -0.25) is 4.99 Å². The van der Waals surface area contributed by atoms with Crippen LogP contribution in [0, 0.1) is 17.8 Å². The molecule has 0 aromatic carbocycles. The molecular formula is C12H22IN3S. The predicted octanol–water partition coefficient (Wildman–Crippen LogP) is 2.76. The Hall–Kier alpha value is 0.510. The van der Waals surface area contributed by atoms with Crippen molar-refractivity contribution in [2.45, 2.75) is 44.1 Å². The largest absolute Gasteiger partial charge is 0.303 e. The number of nitrogens with two attached hydrogens (primary N) is 1. The zero-order valence-corrected chi connectivity index (χ0v) is 13.5. The molecular weight excluding hydrogens is 345 g/mol. The van der Waals surface area contributed by atoms with E-state index < -0.39 is 0 Å². The molecule has 0 amide bonds. The summed E-state index contributed by atoms with van der Waals surface area (Å²) in [6.07, 6.45) is 10.4. The van der Waals surface area contributed by atoms with Crippen LogP contribution in [-0.4, -0.2) is 17.0 Å². The van der Waals surface area contributed by atoms with Gasteiger partial charge in [0.05, 0.1) is 5.54 Å². The van der Waals surface area contributed by atoms with Gasteiger partial charge in [-0.1, -0.05) is 11.8 Å². The van der Waals surface area contributed by atoms with E-state index in [1.807, 2.05) is 6.26 Å². The molecule has 4 aliphatic rings. The Labute approximate surface area is 125 Å². The lowest BCUT2D eigenvalue weighted by Gasteiger charge is -2.55. The van der Waals surface area contributed by atoms with Crippen LogP contribution in [0.5, 0.6) is 0 Å². The highest BCUT2D eigenvalue weighted by molar-refractivity contribution is 14.0. The molecule has 4 saturated carbocycles. The first-order valence-corrected chi connectivity index (χ1v) is 7.56. The van der Waals surface area contributed by atoms with Crippen molar-refractivity contribution in [2.75, 3.05) is 6.26 Å². The fourth-order valence-corrected chi connectivity index (χ4v) is 4.96. The van der Waals surface area contributed by atoms with Crippen LogP contribution in [0.1, 0.15) is 38.5 Å². The molecule has 17 heavy (non-hydrogen) atoms. The van der Waals surface area contributed by atoms with Gasteiger partial charge >= 0.3 is 0 Å². The molecule has 3 nitrogen and oxygen atoms in total. The number of hydrazine groups is 1. The first-order chi connectivity index (χ1) is 7.73. The molecule has 98 valence electrons. The van der Waals surface area contributed by atoms with Gasteiger partial charge in [-0.2, -0.15) is 0 Å². The molecule has 0 heterocycles. The summed E-state index contributed by atoms with van der Waals surface area (Å²) < 4.78 is 0. The maximum absolute atomic E-state index is 5.51. The minimum absolute atomic E-state index is 0. The molecule has 5 heteroatoms. The van der Waals surface area contributed by atoms with Crippen molar-refractivity contribution in [3.8, 4) is 0 Å². The smallest absolute Gasteiger partial charge is 0.171 e. The van der Waals surface area contributed by atoms with Crippen LogP contribution in [0.4, 0.5) is 0 Å². The lowest BCUT2D eigenvalue weighted by Crippen LogP contribution is -2.50. The Morgan fingerprint density at radius 1 is 1.18 bits per heavy atom. The Morgan fingerprint density at radius 2 is 1.65 bits per heavy atom. The SMILES string of the molecule is CSC(=NC12CC3CC(CC(C3)C1)C2)NN.I. The van der Waals surface area contributed by atoms with Crippen LogP contribution in [0.3, 0.4) is 0 Å². The summed E-state index contributed by atoms with van der Waals surface area (Å²) in [6.45, 7) is 0. The van der Waals surface area contributed by atoms with Crippen molar-refractivity contribution in [3.05, 3.63) is 0 Å². The maximum atomic E-state index is 5.51. The van der Waals surface area contributed by atoms with Gasteiger partial charge in [0.1, 0.15) is 0 Å². The van der Waals surface area contributed by atoms with Gasteiger partial charge in [0.25, 0.3) is 0 Å². The van der Waals surface area contributed by atoms with Crippen molar-refractivity contribution in [1.29, 1.82) is 0 Å². The number of rotatable bonds is 1. The molecule has 0 aliphatic heterocycles.